The molecule has 5 heteroatoms. The summed E-state index contributed by atoms with van der Waals surface area (Å²) in [4.78, 5) is 16.9. The molecule has 0 aliphatic carbocycles. The molecule has 3 nitrogen and oxygen atoms in total. The lowest BCUT2D eigenvalue weighted by atomic mass is 9.98. The van der Waals surface area contributed by atoms with E-state index < -0.39 is 11.6 Å². The zero-order valence-electron chi connectivity index (χ0n) is 17.3. The Bertz CT molecular complexity index is 813. The maximum atomic E-state index is 14.0. The van der Waals surface area contributed by atoms with Gasteiger partial charge in [0.25, 0.3) is 0 Å². The molecule has 0 aromatic heterocycles. The number of carbonyl (C=O) groups is 1. The first-order chi connectivity index (χ1) is 14.0. The highest BCUT2D eigenvalue weighted by Crippen LogP contribution is 2.27. The molecule has 156 valence electrons. The predicted octanol–water partition coefficient (Wildman–Crippen LogP) is 4.89. The number of aryl methyl sites for hydroxylation is 1. The number of rotatable bonds is 8. The van der Waals surface area contributed by atoms with Gasteiger partial charge in [-0.2, -0.15) is 0 Å². The fourth-order valence-corrected chi connectivity index (χ4v) is 4.27. The lowest BCUT2D eigenvalue weighted by Gasteiger charge is -2.35. The van der Waals surface area contributed by atoms with Crippen LogP contribution in [-0.2, 0) is 11.2 Å². The molecule has 1 amide bonds. The Labute approximate surface area is 172 Å². The molecule has 3 rings (SSSR count). The maximum Gasteiger partial charge on any atom is 0.220 e. The standard InChI is InChI=1S/C24H30F2N2O/c1-18-9-3-4-10-20(18)24(17-27-14-5-6-15-27)28(19(2)29)16-8-11-21-22(25)12-7-13-23(21)26/h3-4,7,9-10,12-13,24H,5-6,8,11,14-17H2,1-2H3. The number of likely N-dealkylation sites (tertiary alicyclic amines) is 1. The molecule has 1 unspecified atom stereocenters. The van der Waals surface area contributed by atoms with Crippen molar-refractivity contribution in [3.63, 3.8) is 0 Å². The van der Waals surface area contributed by atoms with Gasteiger partial charge >= 0.3 is 0 Å². The highest BCUT2D eigenvalue weighted by molar-refractivity contribution is 5.74. The average molecular weight is 401 g/mol. The molecule has 0 radical (unpaired) electrons. The molecule has 0 bridgehead atoms. The number of carbonyl (C=O) groups excluding carboxylic acids is 1. The van der Waals surface area contributed by atoms with Crippen molar-refractivity contribution in [2.45, 2.75) is 45.6 Å². The Morgan fingerprint density at radius 1 is 1.07 bits per heavy atom. The largest absolute Gasteiger partial charge is 0.335 e. The van der Waals surface area contributed by atoms with Gasteiger partial charge in [0.05, 0.1) is 6.04 Å². The van der Waals surface area contributed by atoms with Crippen LogP contribution in [0.25, 0.3) is 0 Å². The molecule has 2 aromatic rings. The fourth-order valence-electron chi connectivity index (χ4n) is 4.27. The van der Waals surface area contributed by atoms with Crippen LogP contribution in [0.1, 0.15) is 48.9 Å². The van der Waals surface area contributed by atoms with Gasteiger partial charge < -0.3 is 9.80 Å². The summed E-state index contributed by atoms with van der Waals surface area (Å²) < 4.78 is 27.9. The minimum Gasteiger partial charge on any atom is -0.335 e. The summed E-state index contributed by atoms with van der Waals surface area (Å²) >= 11 is 0. The van der Waals surface area contributed by atoms with E-state index in [0.717, 1.165) is 30.8 Å². The van der Waals surface area contributed by atoms with E-state index in [1.807, 2.05) is 17.0 Å². The van der Waals surface area contributed by atoms with Crippen LogP contribution < -0.4 is 0 Å². The van der Waals surface area contributed by atoms with Crippen molar-refractivity contribution in [3.05, 3.63) is 70.8 Å². The van der Waals surface area contributed by atoms with E-state index in [4.69, 9.17) is 0 Å². The molecule has 2 aromatic carbocycles. The van der Waals surface area contributed by atoms with Crippen molar-refractivity contribution < 1.29 is 13.6 Å². The van der Waals surface area contributed by atoms with Crippen LogP contribution in [0.2, 0.25) is 0 Å². The van der Waals surface area contributed by atoms with Crippen molar-refractivity contribution in [3.8, 4) is 0 Å². The Kier molecular flexibility index (Phi) is 7.37. The average Bonchev–Trinajstić information content (AvgIpc) is 3.19. The van der Waals surface area contributed by atoms with Crippen molar-refractivity contribution in [2.75, 3.05) is 26.2 Å². The molecule has 1 heterocycles. The molecule has 1 aliphatic heterocycles. The lowest BCUT2D eigenvalue weighted by molar-refractivity contribution is -0.131. The molecule has 0 N–H and O–H groups in total. The second kappa shape index (κ2) is 9.97. The first-order valence-corrected chi connectivity index (χ1v) is 10.5. The molecular weight excluding hydrogens is 370 g/mol. The van der Waals surface area contributed by atoms with Gasteiger partial charge in [0, 0.05) is 25.6 Å². The Balaban J connectivity index is 1.78. The zero-order valence-corrected chi connectivity index (χ0v) is 17.3. The molecule has 29 heavy (non-hydrogen) atoms. The minimum absolute atomic E-state index is 0.00791. The van der Waals surface area contributed by atoms with Gasteiger partial charge in [0.2, 0.25) is 5.91 Å². The summed E-state index contributed by atoms with van der Waals surface area (Å²) in [5, 5.41) is 0. The van der Waals surface area contributed by atoms with Crippen LogP contribution in [-0.4, -0.2) is 41.9 Å². The second-order valence-corrected chi connectivity index (χ2v) is 7.90. The fraction of sp³-hybridized carbons (Fsp3) is 0.458. The molecule has 0 spiro atoms. The third-order valence-electron chi connectivity index (χ3n) is 5.85. The van der Waals surface area contributed by atoms with E-state index in [9.17, 15) is 13.6 Å². The first-order valence-electron chi connectivity index (χ1n) is 10.5. The van der Waals surface area contributed by atoms with Gasteiger partial charge in [0.15, 0.2) is 0 Å². The summed E-state index contributed by atoms with van der Waals surface area (Å²) in [6.45, 7) is 7.01. The summed E-state index contributed by atoms with van der Waals surface area (Å²) in [5.41, 5.74) is 2.40. The SMILES string of the molecule is CC(=O)N(CCCc1c(F)cccc1F)C(CN1CCCC1)c1ccccc1C. The maximum absolute atomic E-state index is 14.0. The number of amides is 1. The highest BCUT2D eigenvalue weighted by Gasteiger charge is 2.27. The van der Waals surface area contributed by atoms with Gasteiger partial charge in [-0.15, -0.1) is 0 Å². The van der Waals surface area contributed by atoms with Crippen molar-refractivity contribution in [1.29, 1.82) is 0 Å². The summed E-state index contributed by atoms with van der Waals surface area (Å²) in [6.07, 6.45) is 3.16. The zero-order chi connectivity index (χ0) is 20.8. The third kappa shape index (κ3) is 5.41. The van der Waals surface area contributed by atoms with Crippen LogP contribution in [0.3, 0.4) is 0 Å². The van der Waals surface area contributed by atoms with Crippen LogP contribution in [0.15, 0.2) is 42.5 Å². The number of benzene rings is 2. The van der Waals surface area contributed by atoms with Gasteiger partial charge in [0.1, 0.15) is 11.6 Å². The summed E-state index contributed by atoms with van der Waals surface area (Å²) in [5.74, 6) is -1.05. The normalized spacial score (nSPS) is 15.4. The number of hydrogen-bond acceptors (Lipinski definition) is 2. The van der Waals surface area contributed by atoms with Crippen LogP contribution in [0.4, 0.5) is 8.78 Å². The third-order valence-corrected chi connectivity index (χ3v) is 5.85. The quantitative estimate of drug-likeness (QED) is 0.630. The molecular formula is C24H30F2N2O. The van der Waals surface area contributed by atoms with E-state index in [1.165, 1.54) is 31.0 Å². The topological polar surface area (TPSA) is 23.6 Å². The first kappa shape index (κ1) is 21.4. The van der Waals surface area contributed by atoms with Crippen LogP contribution in [0.5, 0.6) is 0 Å². The van der Waals surface area contributed by atoms with E-state index in [-0.39, 0.29) is 23.9 Å². The molecule has 1 atom stereocenters. The number of hydrogen-bond donors (Lipinski definition) is 0. The Morgan fingerprint density at radius 3 is 2.34 bits per heavy atom. The minimum atomic E-state index is -0.521. The molecule has 1 aliphatic rings. The van der Waals surface area contributed by atoms with Gasteiger partial charge in [-0.1, -0.05) is 30.3 Å². The van der Waals surface area contributed by atoms with Gasteiger partial charge in [-0.3, -0.25) is 4.79 Å². The van der Waals surface area contributed by atoms with Crippen LogP contribution in [0, 0.1) is 18.6 Å². The Morgan fingerprint density at radius 2 is 1.72 bits per heavy atom. The van der Waals surface area contributed by atoms with Gasteiger partial charge in [-0.25, -0.2) is 8.78 Å². The summed E-state index contributed by atoms with van der Waals surface area (Å²) in [7, 11) is 0. The van der Waals surface area contributed by atoms with Crippen molar-refractivity contribution >= 4 is 5.91 Å². The van der Waals surface area contributed by atoms with E-state index in [1.54, 1.807) is 6.92 Å². The van der Waals surface area contributed by atoms with Crippen molar-refractivity contribution in [1.82, 2.24) is 9.80 Å². The lowest BCUT2D eigenvalue weighted by Crippen LogP contribution is -2.41. The van der Waals surface area contributed by atoms with Gasteiger partial charge in [-0.05, 0) is 69.0 Å². The molecule has 1 fully saturated rings. The predicted molar refractivity (Wildman–Crippen MR) is 112 cm³/mol. The second-order valence-electron chi connectivity index (χ2n) is 7.90. The van der Waals surface area contributed by atoms with Crippen molar-refractivity contribution in [2.24, 2.45) is 0 Å². The highest BCUT2D eigenvalue weighted by atomic mass is 19.1. The van der Waals surface area contributed by atoms with E-state index in [2.05, 4.69) is 24.0 Å². The number of halogens is 2. The monoisotopic (exact) mass is 400 g/mol. The molecule has 1 saturated heterocycles. The van der Waals surface area contributed by atoms with E-state index in [0.29, 0.717) is 13.0 Å². The van der Waals surface area contributed by atoms with Crippen LogP contribution >= 0.6 is 0 Å². The summed E-state index contributed by atoms with van der Waals surface area (Å²) in [6, 6.07) is 12.0. The number of nitrogens with zero attached hydrogens (tertiary/aromatic N) is 2. The molecule has 0 saturated carbocycles. The Hall–Kier alpha value is -2.27. The van der Waals surface area contributed by atoms with E-state index >= 15 is 0 Å². The smallest absolute Gasteiger partial charge is 0.220 e.